The summed E-state index contributed by atoms with van der Waals surface area (Å²) in [4.78, 5) is 24.4. The first-order valence-electron chi connectivity index (χ1n) is 8.89. The molecule has 25 heavy (non-hydrogen) atoms. The van der Waals surface area contributed by atoms with E-state index in [0.29, 0.717) is 5.56 Å². The third-order valence-corrected chi connectivity index (χ3v) is 5.16. The minimum Gasteiger partial charge on any atom is -0.351 e. The fraction of sp³-hybridized carbons (Fsp3) is 0.421. The van der Waals surface area contributed by atoms with Crippen LogP contribution in [0, 0.1) is 0 Å². The third-order valence-electron chi connectivity index (χ3n) is 5.16. The van der Waals surface area contributed by atoms with Crippen molar-refractivity contribution in [3.8, 4) is 0 Å². The van der Waals surface area contributed by atoms with Gasteiger partial charge in [-0.25, -0.2) is 0 Å². The molecule has 3 N–H and O–H groups in total. The van der Waals surface area contributed by atoms with Gasteiger partial charge in [0.1, 0.15) is 0 Å². The van der Waals surface area contributed by atoms with Gasteiger partial charge < -0.3 is 10.6 Å². The molecule has 1 heterocycles. The van der Waals surface area contributed by atoms with Gasteiger partial charge in [0.05, 0.1) is 12.7 Å². The number of hydrogen-bond donors (Lipinski definition) is 3. The largest absolute Gasteiger partial charge is 0.351 e. The number of carbonyl (C=O) groups is 2. The van der Waals surface area contributed by atoms with Crippen LogP contribution in [0.15, 0.2) is 24.4 Å². The minimum absolute atomic E-state index is 0.00223. The Bertz CT molecular complexity index is 812. The van der Waals surface area contributed by atoms with Gasteiger partial charge in [-0.15, -0.1) is 0 Å². The first-order chi connectivity index (χ1) is 12.2. The molecule has 6 heteroatoms. The topological polar surface area (TPSA) is 86.9 Å². The van der Waals surface area contributed by atoms with Gasteiger partial charge in [0.2, 0.25) is 5.91 Å². The van der Waals surface area contributed by atoms with Crippen LogP contribution in [0.4, 0.5) is 0 Å². The van der Waals surface area contributed by atoms with Crippen molar-refractivity contribution in [2.75, 3.05) is 6.54 Å². The second kappa shape index (κ2) is 6.70. The number of aromatic nitrogens is 2. The van der Waals surface area contributed by atoms with Gasteiger partial charge in [-0.2, -0.15) is 5.10 Å². The van der Waals surface area contributed by atoms with Crippen LogP contribution >= 0.6 is 0 Å². The number of aromatic amines is 1. The Balaban J connectivity index is 1.28. The van der Waals surface area contributed by atoms with Crippen molar-refractivity contribution in [3.05, 3.63) is 52.3 Å². The van der Waals surface area contributed by atoms with Gasteiger partial charge in [-0.05, 0) is 60.9 Å². The maximum atomic E-state index is 12.3. The van der Waals surface area contributed by atoms with E-state index in [2.05, 4.69) is 20.8 Å². The van der Waals surface area contributed by atoms with Crippen LogP contribution in [0.25, 0.3) is 0 Å². The third kappa shape index (κ3) is 3.43. The molecule has 0 radical (unpaired) electrons. The molecular weight excluding hydrogens is 316 g/mol. The molecule has 2 amide bonds. The minimum atomic E-state index is -0.190. The number of benzene rings is 1. The van der Waals surface area contributed by atoms with E-state index in [1.807, 2.05) is 24.4 Å². The summed E-state index contributed by atoms with van der Waals surface area (Å²) in [6, 6.07) is 5.92. The molecule has 1 aromatic carbocycles. The number of amides is 2. The summed E-state index contributed by atoms with van der Waals surface area (Å²) in [5.74, 6) is -0.341. The van der Waals surface area contributed by atoms with Crippen molar-refractivity contribution >= 4 is 11.8 Å². The highest BCUT2D eigenvalue weighted by Gasteiger charge is 2.22. The molecule has 0 saturated heterocycles. The molecule has 2 aliphatic carbocycles. The first kappa shape index (κ1) is 15.9. The monoisotopic (exact) mass is 338 g/mol. The summed E-state index contributed by atoms with van der Waals surface area (Å²) in [6.07, 6.45) is 7.72. The lowest BCUT2D eigenvalue weighted by Gasteiger charge is -2.22. The highest BCUT2D eigenvalue weighted by molar-refractivity contribution is 5.96. The van der Waals surface area contributed by atoms with Crippen molar-refractivity contribution in [2.45, 2.75) is 44.6 Å². The van der Waals surface area contributed by atoms with Crippen LogP contribution in [0.1, 0.15) is 45.6 Å². The molecule has 0 bridgehead atoms. The average Bonchev–Trinajstić information content (AvgIpc) is 3.27. The molecule has 1 unspecified atom stereocenters. The van der Waals surface area contributed by atoms with E-state index in [4.69, 9.17) is 0 Å². The van der Waals surface area contributed by atoms with Crippen LogP contribution in [0.3, 0.4) is 0 Å². The molecule has 6 nitrogen and oxygen atoms in total. The summed E-state index contributed by atoms with van der Waals surface area (Å²) in [7, 11) is 0. The van der Waals surface area contributed by atoms with Gasteiger partial charge in [0.25, 0.3) is 5.91 Å². The highest BCUT2D eigenvalue weighted by atomic mass is 16.2. The fourth-order valence-corrected chi connectivity index (χ4v) is 3.79. The molecule has 2 aromatic rings. The molecule has 0 saturated carbocycles. The van der Waals surface area contributed by atoms with Crippen molar-refractivity contribution < 1.29 is 9.59 Å². The Morgan fingerprint density at radius 1 is 1.16 bits per heavy atom. The van der Waals surface area contributed by atoms with Crippen LogP contribution < -0.4 is 10.6 Å². The summed E-state index contributed by atoms with van der Waals surface area (Å²) >= 11 is 0. The van der Waals surface area contributed by atoms with E-state index in [-0.39, 0.29) is 24.4 Å². The number of nitrogens with one attached hydrogen (secondary N) is 3. The molecule has 0 aliphatic heterocycles. The van der Waals surface area contributed by atoms with Crippen LogP contribution in [-0.2, 0) is 30.5 Å². The number of rotatable bonds is 4. The van der Waals surface area contributed by atoms with Gasteiger partial charge >= 0.3 is 0 Å². The zero-order valence-electron chi connectivity index (χ0n) is 14.1. The lowest BCUT2D eigenvalue weighted by molar-refractivity contribution is -0.120. The van der Waals surface area contributed by atoms with Crippen LogP contribution in [-0.4, -0.2) is 34.6 Å². The quantitative estimate of drug-likeness (QED) is 0.785. The second-order valence-corrected chi connectivity index (χ2v) is 6.90. The van der Waals surface area contributed by atoms with Gasteiger partial charge in [0.15, 0.2) is 0 Å². The Kier molecular flexibility index (Phi) is 4.26. The predicted octanol–water partition coefficient (Wildman–Crippen LogP) is 1.30. The molecule has 0 fully saturated rings. The van der Waals surface area contributed by atoms with E-state index < -0.39 is 0 Å². The van der Waals surface area contributed by atoms with Gasteiger partial charge in [-0.1, -0.05) is 6.07 Å². The Morgan fingerprint density at radius 2 is 2.04 bits per heavy atom. The maximum Gasteiger partial charge on any atom is 0.251 e. The molecule has 0 spiro atoms. The zero-order valence-corrected chi connectivity index (χ0v) is 14.1. The fourth-order valence-electron chi connectivity index (χ4n) is 3.79. The average molecular weight is 338 g/mol. The number of nitrogens with zero attached hydrogens (tertiary/aromatic N) is 1. The molecule has 4 rings (SSSR count). The molecule has 1 aromatic heterocycles. The van der Waals surface area contributed by atoms with Crippen LogP contribution in [0.5, 0.6) is 0 Å². The van der Waals surface area contributed by atoms with E-state index in [0.717, 1.165) is 44.2 Å². The van der Waals surface area contributed by atoms with E-state index >= 15 is 0 Å². The molecule has 1 atom stereocenters. The number of aryl methyl sites for hydroxylation is 3. The maximum absolute atomic E-state index is 12.3. The smallest absolute Gasteiger partial charge is 0.251 e. The first-order valence-corrected chi connectivity index (χ1v) is 8.89. The van der Waals surface area contributed by atoms with Crippen LogP contribution in [0.2, 0.25) is 0 Å². The summed E-state index contributed by atoms with van der Waals surface area (Å²) < 4.78 is 0. The summed E-state index contributed by atoms with van der Waals surface area (Å²) in [5.41, 5.74) is 5.56. The predicted molar refractivity (Wildman–Crippen MR) is 93.3 cm³/mol. The highest BCUT2D eigenvalue weighted by Crippen LogP contribution is 2.22. The Morgan fingerprint density at radius 3 is 2.96 bits per heavy atom. The number of hydrogen-bond acceptors (Lipinski definition) is 3. The number of carbonyl (C=O) groups excluding carboxylic acids is 2. The second-order valence-electron chi connectivity index (χ2n) is 6.90. The van der Waals surface area contributed by atoms with Crippen molar-refractivity contribution in [1.82, 2.24) is 20.8 Å². The molecule has 130 valence electrons. The normalized spacial score (nSPS) is 18.3. The Labute approximate surface area is 146 Å². The lowest BCUT2D eigenvalue weighted by atomic mass is 9.94. The van der Waals surface area contributed by atoms with E-state index in [1.54, 1.807) is 0 Å². The van der Waals surface area contributed by atoms with E-state index in [1.165, 1.54) is 16.7 Å². The number of H-pyrrole nitrogens is 1. The lowest BCUT2D eigenvalue weighted by Crippen LogP contribution is -2.44. The van der Waals surface area contributed by atoms with Gasteiger partial charge in [0, 0.05) is 23.7 Å². The van der Waals surface area contributed by atoms with Crippen molar-refractivity contribution in [3.63, 3.8) is 0 Å². The number of fused-ring (bicyclic) bond motifs is 2. The SMILES string of the molecule is O=C(CNC(=O)c1ccc2c(c1)CCC2)NC1CCc2cn[nH]c2C1. The van der Waals surface area contributed by atoms with E-state index in [9.17, 15) is 9.59 Å². The summed E-state index contributed by atoms with van der Waals surface area (Å²) in [6.45, 7) is 0.00223. The zero-order chi connectivity index (χ0) is 17.2. The Hall–Kier alpha value is -2.63. The molecular formula is C19H22N4O2. The van der Waals surface area contributed by atoms with Gasteiger partial charge in [-0.3, -0.25) is 14.7 Å². The standard InChI is InChI=1S/C19H22N4O2/c24-18(22-16-7-6-15-10-21-23-17(15)9-16)11-20-19(25)14-5-4-12-2-1-3-13(12)8-14/h4-5,8,10,16H,1-3,6-7,9,11H2,(H,20,25)(H,21,23)(H,22,24). The van der Waals surface area contributed by atoms with Crippen molar-refractivity contribution in [2.24, 2.45) is 0 Å². The van der Waals surface area contributed by atoms with Crippen molar-refractivity contribution in [1.29, 1.82) is 0 Å². The molecule has 2 aliphatic rings. The summed E-state index contributed by atoms with van der Waals surface area (Å²) in [5, 5.41) is 12.7.